The Hall–Kier alpha value is -1.32. The van der Waals surface area contributed by atoms with Gasteiger partial charge < -0.3 is 10.6 Å². The van der Waals surface area contributed by atoms with Crippen LogP contribution in [0.4, 0.5) is 11.6 Å². The fraction of sp³-hybridized carbons (Fsp3) is 0.765. The maximum absolute atomic E-state index is 4.72. The van der Waals surface area contributed by atoms with E-state index in [9.17, 15) is 0 Å². The van der Waals surface area contributed by atoms with Gasteiger partial charge in [0.15, 0.2) is 0 Å². The van der Waals surface area contributed by atoms with Crippen molar-refractivity contribution >= 4 is 11.6 Å². The monoisotopic (exact) mass is 292 g/mol. The lowest BCUT2D eigenvalue weighted by Gasteiger charge is -2.21. The van der Waals surface area contributed by atoms with Crippen molar-refractivity contribution in [1.82, 2.24) is 9.97 Å². The summed E-state index contributed by atoms with van der Waals surface area (Å²) in [6.45, 7) is 14.0. The predicted molar refractivity (Wildman–Crippen MR) is 92.1 cm³/mol. The summed E-state index contributed by atoms with van der Waals surface area (Å²) in [5.41, 5.74) is 1.12. The Morgan fingerprint density at radius 3 is 2.29 bits per heavy atom. The molecule has 0 saturated carbocycles. The zero-order chi connectivity index (χ0) is 15.8. The fourth-order valence-electron chi connectivity index (χ4n) is 2.44. The minimum Gasteiger partial charge on any atom is -0.370 e. The van der Waals surface area contributed by atoms with Gasteiger partial charge in [-0.3, -0.25) is 0 Å². The maximum Gasteiger partial charge on any atom is 0.134 e. The minimum atomic E-state index is 0.428. The van der Waals surface area contributed by atoms with Crippen molar-refractivity contribution in [1.29, 1.82) is 0 Å². The van der Waals surface area contributed by atoms with Gasteiger partial charge in [-0.05, 0) is 39.5 Å². The summed E-state index contributed by atoms with van der Waals surface area (Å²) < 4.78 is 0. The quantitative estimate of drug-likeness (QED) is 0.708. The van der Waals surface area contributed by atoms with E-state index in [0.717, 1.165) is 48.3 Å². The molecule has 0 aliphatic heterocycles. The highest BCUT2D eigenvalue weighted by Crippen LogP contribution is 2.22. The van der Waals surface area contributed by atoms with Crippen molar-refractivity contribution < 1.29 is 0 Å². The molecule has 0 spiro atoms. The lowest BCUT2D eigenvalue weighted by molar-refractivity contribution is 0.483. The van der Waals surface area contributed by atoms with Crippen LogP contribution in [0.2, 0.25) is 0 Å². The van der Waals surface area contributed by atoms with Gasteiger partial charge in [-0.2, -0.15) is 0 Å². The largest absolute Gasteiger partial charge is 0.370 e. The Kier molecular flexibility index (Phi) is 7.48. The van der Waals surface area contributed by atoms with Crippen molar-refractivity contribution in [2.24, 2.45) is 5.92 Å². The summed E-state index contributed by atoms with van der Waals surface area (Å²) >= 11 is 0. The number of hydrogen-bond acceptors (Lipinski definition) is 4. The fourth-order valence-corrected chi connectivity index (χ4v) is 2.44. The number of hydrogen-bond donors (Lipinski definition) is 2. The molecule has 0 saturated heterocycles. The van der Waals surface area contributed by atoms with Crippen LogP contribution in [0.25, 0.3) is 0 Å². The van der Waals surface area contributed by atoms with Crippen LogP contribution < -0.4 is 10.6 Å². The highest BCUT2D eigenvalue weighted by atomic mass is 15.1. The second-order valence-electron chi connectivity index (χ2n) is 6.04. The molecule has 0 amide bonds. The maximum atomic E-state index is 4.72. The molecule has 1 heterocycles. The lowest BCUT2D eigenvalue weighted by atomic mass is 10.0. The van der Waals surface area contributed by atoms with Crippen molar-refractivity contribution in [3.05, 3.63) is 11.4 Å². The van der Waals surface area contributed by atoms with Gasteiger partial charge in [-0.15, -0.1) is 0 Å². The zero-order valence-electron chi connectivity index (χ0n) is 14.6. The van der Waals surface area contributed by atoms with Crippen LogP contribution in [0.5, 0.6) is 0 Å². The summed E-state index contributed by atoms with van der Waals surface area (Å²) in [5, 5.41) is 6.93. The van der Waals surface area contributed by atoms with E-state index in [2.05, 4.69) is 57.2 Å². The van der Waals surface area contributed by atoms with Crippen LogP contribution in [0, 0.1) is 12.8 Å². The second-order valence-corrected chi connectivity index (χ2v) is 6.04. The molecule has 21 heavy (non-hydrogen) atoms. The number of nitrogens with zero attached hydrogens (tertiary/aromatic N) is 2. The van der Waals surface area contributed by atoms with Gasteiger partial charge in [0.25, 0.3) is 0 Å². The SMILES string of the molecule is CCCc1nc(NCC)c(C)c(NC(C)CC(C)CC)n1. The molecule has 120 valence electrons. The van der Waals surface area contributed by atoms with E-state index >= 15 is 0 Å². The molecule has 0 aromatic carbocycles. The molecule has 1 rings (SSSR count). The number of aromatic nitrogens is 2. The summed E-state index contributed by atoms with van der Waals surface area (Å²) in [6, 6.07) is 0.428. The molecule has 0 bridgehead atoms. The Labute approximate surface area is 130 Å². The second kappa shape index (κ2) is 8.85. The molecule has 4 nitrogen and oxygen atoms in total. The summed E-state index contributed by atoms with van der Waals surface area (Å²) in [6.07, 6.45) is 4.38. The van der Waals surface area contributed by atoms with Crippen LogP contribution in [0.1, 0.15) is 65.3 Å². The van der Waals surface area contributed by atoms with Gasteiger partial charge in [0.2, 0.25) is 0 Å². The molecule has 0 fully saturated rings. The van der Waals surface area contributed by atoms with Gasteiger partial charge in [0, 0.05) is 24.6 Å². The highest BCUT2D eigenvalue weighted by molar-refractivity contribution is 5.57. The Bertz CT molecular complexity index is 431. The highest BCUT2D eigenvalue weighted by Gasteiger charge is 2.13. The van der Waals surface area contributed by atoms with Gasteiger partial charge in [-0.25, -0.2) is 9.97 Å². The van der Waals surface area contributed by atoms with Crippen LogP contribution in [0.3, 0.4) is 0 Å². The van der Waals surface area contributed by atoms with Crippen molar-refractivity contribution in [2.75, 3.05) is 17.2 Å². The molecule has 1 aromatic rings. The Morgan fingerprint density at radius 1 is 1.05 bits per heavy atom. The standard InChI is InChI=1S/C17H32N4/c1-7-10-15-20-16(18-9-3)14(6)17(21-15)19-13(5)11-12(4)8-2/h12-13H,7-11H2,1-6H3,(H2,18,19,20,21). The third-order valence-electron chi connectivity index (χ3n) is 3.85. The zero-order valence-corrected chi connectivity index (χ0v) is 14.6. The van der Waals surface area contributed by atoms with Gasteiger partial charge >= 0.3 is 0 Å². The van der Waals surface area contributed by atoms with Gasteiger partial charge in [-0.1, -0.05) is 27.2 Å². The first-order chi connectivity index (χ1) is 10.0. The van der Waals surface area contributed by atoms with Crippen LogP contribution >= 0.6 is 0 Å². The molecule has 2 atom stereocenters. The first kappa shape index (κ1) is 17.7. The molecular formula is C17H32N4. The minimum absolute atomic E-state index is 0.428. The van der Waals surface area contributed by atoms with Crippen LogP contribution in [-0.4, -0.2) is 22.6 Å². The van der Waals surface area contributed by atoms with Crippen molar-refractivity contribution in [3.63, 3.8) is 0 Å². The first-order valence-electron chi connectivity index (χ1n) is 8.39. The van der Waals surface area contributed by atoms with E-state index in [0.29, 0.717) is 6.04 Å². The van der Waals surface area contributed by atoms with Crippen LogP contribution in [-0.2, 0) is 6.42 Å². The first-order valence-corrected chi connectivity index (χ1v) is 8.39. The molecule has 4 heteroatoms. The Morgan fingerprint density at radius 2 is 1.71 bits per heavy atom. The van der Waals surface area contributed by atoms with E-state index in [1.165, 1.54) is 12.8 Å². The average Bonchev–Trinajstić information content (AvgIpc) is 2.44. The molecule has 0 aliphatic rings. The summed E-state index contributed by atoms with van der Waals surface area (Å²) in [5.74, 6) is 3.62. The van der Waals surface area contributed by atoms with Crippen molar-refractivity contribution in [3.8, 4) is 0 Å². The number of nitrogens with one attached hydrogen (secondary N) is 2. The van der Waals surface area contributed by atoms with E-state index in [1.807, 2.05) is 0 Å². The molecule has 0 aliphatic carbocycles. The van der Waals surface area contributed by atoms with E-state index < -0.39 is 0 Å². The smallest absolute Gasteiger partial charge is 0.134 e. The molecule has 2 N–H and O–H groups in total. The number of rotatable bonds is 9. The number of aryl methyl sites for hydroxylation is 1. The summed E-state index contributed by atoms with van der Waals surface area (Å²) in [4.78, 5) is 9.35. The van der Waals surface area contributed by atoms with E-state index in [4.69, 9.17) is 4.98 Å². The summed E-state index contributed by atoms with van der Waals surface area (Å²) in [7, 11) is 0. The Balaban J connectivity index is 2.92. The molecule has 2 unspecified atom stereocenters. The van der Waals surface area contributed by atoms with Gasteiger partial charge in [0.05, 0.1) is 0 Å². The molecule has 1 aromatic heterocycles. The van der Waals surface area contributed by atoms with Gasteiger partial charge in [0.1, 0.15) is 17.5 Å². The molecule has 0 radical (unpaired) electrons. The van der Waals surface area contributed by atoms with E-state index in [-0.39, 0.29) is 0 Å². The lowest BCUT2D eigenvalue weighted by Crippen LogP contribution is -2.21. The predicted octanol–water partition coefficient (Wildman–Crippen LogP) is 4.41. The normalized spacial score (nSPS) is 13.8. The topological polar surface area (TPSA) is 49.8 Å². The van der Waals surface area contributed by atoms with Crippen molar-refractivity contribution in [2.45, 2.75) is 73.3 Å². The average molecular weight is 292 g/mol. The van der Waals surface area contributed by atoms with Crippen LogP contribution in [0.15, 0.2) is 0 Å². The third kappa shape index (κ3) is 5.52. The molecular weight excluding hydrogens is 260 g/mol. The third-order valence-corrected chi connectivity index (χ3v) is 3.85. The number of anilines is 2. The van der Waals surface area contributed by atoms with E-state index in [1.54, 1.807) is 0 Å².